The first kappa shape index (κ1) is 23.0. The van der Waals surface area contributed by atoms with Gasteiger partial charge >= 0.3 is 16.3 Å². The molecule has 1 fully saturated rings. The Morgan fingerprint density at radius 3 is 2.39 bits per heavy atom. The van der Waals surface area contributed by atoms with Crippen LogP contribution < -0.4 is 0 Å². The lowest BCUT2D eigenvalue weighted by atomic mass is 9.79. The highest BCUT2D eigenvalue weighted by atomic mass is 32.2. The molecule has 0 unspecified atom stereocenters. The Bertz CT molecular complexity index is 1150. The second kappa shape index (κ2) is 7.80. The summed E-state index contributed by atoms with van der Waals surface area (Å²) in [4.78, 5) is 18.6. The largest absolute Gasteiger partial charge is 0.444 e. The maximum atomic E-state index is 13.2. The Kier molecular flexibility index (Phi) is 5.80. The summed E-state index contributed by atoms with van der Waals surface area (Å²) in [6.07, 6.45) is 0.0752. The maximum absolute atomic E-state index is 13.2. The molecule has 0 bridgehead atoms. The van der Waals surface area contributed by atoms with Gasteiger partial charge in [0.2, 0.25) is 0 Å². The predicted octanol–water partition coefficient (Wildman–Crippen LogP) is 2.79. The molecule has 1 aromatic heterocycles. The third kappa shape index (κ3) is 4.25. The van der Waals surface area contributed by atoms with E-state index in [-0.39, 0.29) is 31.8 Å². The molecular formula is C21H29N5O4S. The molecule has 31 heavy (non-hydrogen) atoms. The van der Waals surface area contributed by atoms with Crippen LogP contribution in [-0.4, -0.2) is 65.5 Å². The van der Waals surface area contributed by atoms with Crippen LogP contribution >= 0.6 is 0 Å². The number of piperidine rings is 1. The van der Waals surface area contributed by atoms with Gasteiger partial charge in [-0.25, -0.2) is 13.8 Å². The number of aryl methyl sites for hydroxylation is 1. The lowest BCUT2D eigenvalue weighted by Gasteiger charge is -2.37. The summed E-state index contributed by atoms with van der Waals surface area (Å²) < 4.78 is 34.1. The van der Waals surface area contributed by atoms with Crippen LogP contribution in [0.2, 0.25) is 0 Å². The molecule has 0 radical (unpaired) electrons. The number of carbonyl (C=O) groups is 1. The number of hydrogen-bond donors (Lipinski definition) is 0. The van der Waals surface area contributed by atoms with Gasteiger partial charge in [0.1, 0.15) is 16.8 Å². The van der Waals surface area contributed by atoms with Crippen molar-refractivity contribution in [2.24, 2.45) is 0 Å². The van der Waals surface area contributed by atoms with Crippen molar-refractivity contribution >= 4 is 27.3 Å². The highest BCUT2D eigenvalue weighted by Crippen LogP contribution is 2.37. The average molecular weight is 448 g/mol. The van der Waals surface area contributed by atoms with Gasteiger partial charge in [0.25, 0.3) is 0 Å². The quantitative estimate of drug-likeness (QED) is 0.716. The molecule has 1 aromatic carbocycles. The van der Waals surface area contributed by atoms with Crippen molar-refractivity contribution in [3.05, 3.63) is 29.6 Å². The van der Waals surface area contributed by atoms with E-state index in [1.54, 1.807) is 37.8 Å². The minimum Gasteiger partial charge on any atom is -0.444 e. The lowest BCUT2D eigenvalue weighted by molar-refractivity contribution is 0.0182. The molecule has 1 aliphatic rings. The van der Waals surface area contributed by atoms with Crippen molar-refractivity contribution < 1.29 is 17.9 Å². The van der Waals surface area contributed by atoms with E-state index in [1.807, 2.05) is 13.0 Å². The average Bonchev–Trinajstić information content (AvgIpc) is 3.06. The summed E-state index contributed by atoms with van der Waals surface area (Å²) in [5, 5.41) is 10.2. The fourth-order valence-electron chi connectivity index (χ4n) is 3.65. The summed E-state index contributed by atoms with van der Waals surface area (Å²) in [7, 11) is -1.03. The Balaban J connectivity index is 2.06. The monoisotopic (exact) mass is 447 g/mol. The van der Waals surface area contributed by atoms with Crippen LogP contribution in [0.15, 0.2) is 18.2 Å². The summed E-state index contributed by atoms with van der Waals surface area (Å²) in [6, 6.07) is 7.66. The van der Waals surface area contributed by atoms with Gasteiger partial charge in [-0.05, 0) is 58.2 Å². The van der Waals surface area contributed by atoms with Gasteiger partial charge in [-0.1, -0.05) is 6.07 Å². The summed E-state index contributed by atoms with van der Waals surface area (Å²) in [5.41, 5.74) is 0.126. The predicted molar refractivity (Wildman–Crippen MR) is 117 cm³/mol. The number of rotatable bonds is 3. The molecule has 1 aliphatic heterocycles. The molecule has 10 heteroatoms. The summed E-state index contributed by atoms with van der Waals surface area (Å²) in [6.45, 7) is 7.83. The van der Waals surface area contributed by atoms with Gasteiger partial charge in [0.15, 0.2) is 0 Å². The first-order chi connectivity index (χ1) is 14.3. The van der Waals surface area contributed by atoms with Crippen molar-refractivity contribution in [2.75, 3.05) is 27.2 Å². The minimum absolute atomic E-state index is 0.188. The molecule has 1 saturated heterocycles. The van der Waals surface area contributed by atoms with Crippen molar-refractivity contribution in [1.82, 2.24) is 18.2 Å². The number of hydrogen-bond acceptors (Lipinski definition) is 6. The summed E-state index contributed by atoms with van der Waals surface area (Å²) in [5.74, 6) is 0.188. The van der Waals surface area contributed by atoms with Crippen LogP contribution in [0.4, 0.5) is 4.79 Å². The molecule has 0 aliphatic carbocycles. The van der Waals surface area contributed by atoms with Crippen LogP contribution in [-0.2, 0) is 20.4 Å². The Hall–Kier alpha value is -2.64. The van der Waals surface area contributed by atoms with E-state index in [0.717, 1.165) is 9.87 Å². The molecule has 168 valence electrons. The molecule has 0 N–H and O–H groups in total. The van der Waals surface area contributed by atoms with E-state index >= 15 is 0 Å². The molecule has 0 atom stereocenters. The zero-order chi connectivity index (χ0) is 23.2. The van der Waals surface area contributed by atoms with E-state index in [9.17, 15) is 18.5 Å². The van der Waals surface area contributed by atoms with Gasteiger partial charge in [0.05, 0.1) is 17.1 Å². The smallest absolute Gasteiger partial charge is 0.410 e. The number of likely N-dealkylation sites (tertiary alicyclic amines) is 1. The number of aromatic nitrogens is 2. The summed E-state index contributed by atoms with van der Waals surface area (Å²) >= 11 is 0. The van der Waals surface area contributed by atoms with Gasteiger partial charge in [-0.3, -0.25) is 0 Å². The van der Waals surface area contributed by atoms with Gasteiger partial charge < -0.3 is 9.64 Å². The van der Waals surface area contributed by atoms with Crippen LogP contribution in [0.1, 0.15) is 45.0 Å². The first-order valence-corrected chi connectivity index (χ1v) is 11.5. The second-order valence-electron chi connectivity index (χ2n) is 9.14. The Morgan fingerprint density at radius 2 is 1.87 bits per heavy atom. The standard InChI is InChI=1S/C21H29N5O4S/c1-15-7-8-17-16(13-15)23-18(26(17)31(28,29)24(5)6)21(14-22)9-11-25(12-10-21)19(27)30-20(2,3)4/h7-8,13H,9-12H2,1-6H3. The molecule has 2 heterocycles. The zero-order valence-corrected chi connectivity index (χ0v) is 19.7. The molecule has 1 amide bonds. The van der Waals surface area contributed by atoms with Gasteiger partial charge in [-0.2, -0.15) is 18.0 Å². The topological polar surface area (TPSA) is 109 Å². The Morgan fingerprint density at radius 1 is 1.26 bits per heavy atom. The minimum atomic E-state index is -3.92. The number of imidazole rings is 1. The van der Waals surface area contributed by atoms with E-state index in [2.05, 4.69) is 11.1 Å². The number of nitrogens with zero attached hydrogens (tertiary/aromatic N) is 5. The van der Waals surface area contributed by atoms with Crippen LogP contribution in [0, 0.1) is 18.3 Å². The number of fused-ring (bicyclic) bond motifs is 1. The fraction of sp³-hybridized carbons (Fsp3) is 0.571. The van der Waals surface area contributed by atoms with E-state index in [1.165, 1.54) is 18.1 Å². The van der Waals surface area contributed by atoms with Crippen LogP contribution in [0.5, 0.6) is 0 Å². The van der Waals surface area contributed by atoms with Crippen molar-refractivity contribution in [3.8, 4) is 6.07 Å². The number of benzene rings is 1. The van der Waals surface area contributed by atoms with E-state index in [0.29, 0.717) is 11.0 Å². The highest BCUT2D eigenvalue weighted by molar-refractivity contribution is 7.87. The fourth-order valence-corrected chi connectivity index (χ4v) is 4.81. The number of ether oxygens (including phenoxy) is 1. The highest BCUT2D eigenvalue weighted by Gasteiger charge is 2.44. The number of amides is 1. The first-order valence-electron chi connectivity index (χ1n) is 10.1. The van der Waals surface area contributed by atoms with Crippen LogP contribution in [0.25, 0.3) is 11.0 Å². The van der Waals surface area contributed by atoms with Gasteiger partial charge in [0, 0.05) is 27.2 Å². The number of carbonyl (C=O) groups excluding carboxylic acids is 1. The van der Waals surface area contributed by atoms with E-state index < -0.39 is 27.3 Å². The normalized spacial score (nSPS) is 17.0. The van der Waals surface area contributed by atoms with Gasteiger partial charge in [-0.15, -0.1) is 0 Å². The Labute approximate surface area is 183 Å². The SMILES string of the molecule is Cc1ccc2c(c1)nc(C1(C#N)CCN(C(=O)OC(C)(C)C)CC1)n2S(=O)(=O)N(C)C. The zero-order valence-electron chi connectivity index (χ0n) is 18.8. The third-order valence-corrected chi connectivity index (χ3v) is 7.13. The molecule has 2 aromatic rings. The lowest BCUT2D eigenvalue weighted by Crippen LogP contribution is -2.48. The van der Waals surface area contributed by atoms with Crippen molar-refractivity contribution in [3.63, 3.8) is 0 Å². The molecule has 9 nitrogen and oxygen atoms in total. The third-order valence-electron chi connectivity index (χ3n) is 5.37. The van der Waals surface area contributed by atoms with Crippen molar-refractivity contribution in [2.45, 2.75) is 51.6 Å². The second-order valence-corrected chi connectivity index (χ2v) is 11.1. The van der Waals surface area contributed by atoms with Crippen LogP contribution in [0.3, 0.4) is 0 Å². The molecule has 0 saturated carbocycles. The molecule has 0 spiro atoms. The molecular weight excluding hydrogens is 418 g/mol. The van der Waals surface area contributed by atoms with Crippen molar-refractivity contribution in [1.29, 1.82) is 5.26 Å². The maximum Gasteiger partial charge on any atom is 0.410 e. The number of nitriles is 1. The van der Waals surface area contributed by atoms with E-state index in [4.69, 9.17) is 4.74 Å². The molecule has 3 rings (SSSR count).